The van der Waals surface area contributed by atoms with Gasteiger partial charge in [-0.05, 0) is 11.6 Å². The molecule has 0 spiro atoms. The van der Waals surface area contributed by atoms with E-state index in [-0.39, 0.29) is 4.70 Å². The van der Waals surface area contributed by atoms with Crippen LogP contribution in [-0.4, -0.2) is 22.6 Å². The molecule has 0 nitrogen and oxygen atoms in total. The van der Waals surface area contributed by atoms with Crippen LogP contribution in [0.5, 0.6) is 0 Å². The summed E-state index contributed by atoms with van der Waals surface area (Å²) in [5.74, 6) is -9.68. The second-order valence-corrected chi connectivity index (χ2v) is 3.71. The minimum Gasteiger partial charge on any atom is -0.269 e. The van der Waals surface area contributed by atoms with E-state index in [0.717, 1.165) is 0 Å². The summed E-state index contributed by atoms with van der Waals surface area (Å²) in [6.45, 7) is 0. The maximum atomic E-state index is 12.6. The number of hydrogen-bond donors (Lipinski definition) is 0. The molecule has 0 aliphatic rings. The van der Waals surface area contributed by atoms with Crippen molar-refractivity contribution >= 4 is 23.2 Å². The van der Waals surface area contributed by atoms with Gasteiger partial charge in [-0.1, -0.05) is 11.6 Å². The Morgan fingerprint density at radius 2 is 1.17 bits per heavy atom. The Morgan fingerprint density at radius 3 is 1.39 bits per heavy atom. The van der Waals surface area contributed by atoms with Gasteiger partial charge in [-0.15, -0.1) is 0 Å². The van der Waals surface area contributed by atoms with E-state index >= 15 is 0 Å². The Hall–Kier alpha value is -0.380. The molecule has 0 radical (unpaired) electrons. The monoisotopic (exact) mass is 334 g/mol. The van der Waals surface area contributed by atoms with Crippen LogP contribution in [0.25, 0.3) is 0 Å². The second kappa shape index (κ2) is 5.32. The fourth-order valence-electron chi connectivity index (χ4n) is 0.467. The molecule has 0 N–H and O–H groups in total. The fraction of sp³-hybridized carbons (Fsp3) is 0.667. The predicted molar refractivity (Wildman–Crippen MR) is 43.2 cm³/mol. The van der Waals surface area contributed by atoms with Gasteiger partial charge in [0.05, 0.1) is 0 Å². The smallest absolute Gasteiger partial charge is 0.269 e. The molecular formula is C6H2Cl2F10. The maximum absolute atomic E-state index is 12.6. The average molecular weight is 335 g/mol. The van der Waals surface area contributed by atoms with Crippen molar-refractivity contribution in [1.82, 2.24) is 0 Å². The SMILES string of the molecule is F.FC(=CC(F)(Cl)C(F)(F)Cl)C(F)(F)C(F)(F)F. The molecule has 0 saturated carbocycles. The van der Waals surface area contributed by atoms with Crippen molar-refractivity contribution in [3.05, 3.63) is 11.9 Å². The van der Waals surface area contributed by atoms with E-state index in [4.69, 9.17) is 0 Å². The summed E-state index contributed by atoms with van der Waals surface area (Å²) < 4.78 is 108. The molecular weight excluding hydrogens is 333 g/mol. The molecule has 0 aromatic heterocycles. The minimum atomic E-state index is -6.43. The number of alkyl halides is 10. The van der Waals surface area contributed by atoms with Crippen molar-refractivity contribution in [1.29, 1.82) is 0 Å². The molecule has 1 atom stereocenters. The highest BCUT2D eigenvalue weighted by Gasteiger charge is 2.63. The maximum Gasteiger partial charge on any atom is 0.460 e. The van der Waals surface area contributed by atoms with E-state index < -0.39 is 34.5 Å². The summed E-state index contributed by atoms with van der Waals surface area (Å²) in [6, 6.07) is 0. The topological polar surface area (TPSA) is 0 Å². The zero-order chi connectivity index (χ0) is 14.3. The molecule has 0 amide bonds. The lowest BCUT2D eigenvalue weighted by Crippen LogP contribution is -2.39. The van der Waals surface area contributed by atoms with E-state index in [1.54, 1.807) is 0 Å². The van der Waals surface area contributed by atoms with E-state index in [1.807, 2.05) is 0 Å². The summed E-state index contributed by atoms with van der Waals surface area (Å²) in [6.07, 6.45) is -7.86. The largest absolute Gasteiger partial charge is 0.460 e. The van der Waals surface area contributed by atoms with E-state index in [1.165, 1.54) is 0 Å². The van der Waals surface area contributed by atoms with E-state index in [2.05, 4.69) is 23.2 Å². The summed E-state index contributed by atoms with van der Waals surface area (Å²) in [7, 11) is 0. The van der Waals surface area contributed by atoms with Crippen molar-refractivity contribution in [2.45, 2.75) is 22.6 Å². The number of halogens is 12. The van der Waals surface area contributed by atoms with Crippen LogP contribution in [0.2, 0.25) is 0 Å². The van der Waals surface area contributed by atoms with E-state index in [9.17, 15) is 39.5 Å². The molecule has 0 saturated heterocycles. The van der Waals surface area contributed by atoms with Crippen molar-refractivity contribution < 1.29 is 44.2 Å². The molecule has 0 heterocycles. The first kappa shape index (κ1) is 19.9. The van der Waals surface area contributed by atoms with Gasteiger partial charge >= 0.3 is 17.5 Å². The Morgan fingerprint density at radius 1 is 0.833 bits per heavy atom. The summed E-state index contributed by atoms with van der Waals surface area (Å²) in [5, 5.41) is -9.80. The quantitative estimate of drug-likeness (QED) is 0.507. The van der Waals surface area contributed by atoms with Gasteiger partial charge in [0.15, 0.2) is 5.83 Å². The number of allylic oxidation sites excluding steroid dienone is 2. The summed E-state index contributed by atoms with van der Waals surface area (Å²) >= 11 is 8.15. The van der Waals surface area contributed by atoms with Crippen molar-refractivity contribution in [2.75, 3.05) is 0 Å². The third kappa shape index (κ3) is 4.08. The highest BCUT2D eigenvalue weighted by atomic mass is 35.5. The lowest BCUT2D eigenvalue weighted by Gasteiger charge is -2.22. The van der Waals surface area contributed by atoms with Crippen LogP contribution in [0.4, 0.5) is 44.2 Å². The molecule has 0 aliphatic heterocycles. The molecule has 110 valence electrons. The van der Waals surface area contributed by atoms with Gasteiger partial charge < -0.3 is 0 Å². The summed E-state index contributed by atoms with van der Waals surface area (Å²) in [5.41, 5.74) is 0. The number of hydrogen-bond acceptors (Lipinski definition) is 0. The first-order chi connectivity index (χ1) is 7.13. The van der Waals surface area contributed by atoms with Crippen molar-refractivity contribution in [3.63, 3.8) is 0 Å². The van der Waals surface area contributed by atoms with Crippen molar-refractivity contribution in [2.24, 2.45) is 0 Å². The second-order valence-electron chi connectivity index (χ2n) is 2.69. The van der Waals surface area contributed by atoms with Crippen LogP contribution in [0.1, 0.15) is 0 Å². The first-order valence-electron chi connectivity index (χ1n) is 3.41. The zero-order valence-corrected chi connectivity index (χ0v) is 9.16. The van der Waals surface area contributed by atoms with Gasteiger partial charge in [-0.25, -0.2) is 8.78 Å². The van der Waals surface area contributed by atoms with Crippen LogP contribution >= 0.6 is 23.2 Å². The van der Waals surface area contributed by atoms with Crippen LogP contribution < -0.4 is 0 Å². The molecule has 0 aromatic rings. The Labute approximate surface area is 103 Å². The molecule has 18 heavy (non-hydrogen) atoms. The van der Waals surface area contributed by atoms with Crippen LogP contribution in [-0.2, 0) is 0 Å². The van der Waals surface area contributed by atoms with Gasteiger partial charge in [0.2, 0.25) is 0 Å². The Balaban J connectivity index is 0. The molecule has 0 aliphatic carbocycles. The lowest BCUT2D eigenvalue weighted by atomic mass is 10.2. The highest BCUT2D eigenvalue weighted by molar-refractivity contribution is 6.33. The normalized spacial score (nSPS) is 18.1. The van der Waals surface area contributed by atoms with Gasteiger partial charge in [0, 0.05) is 6.08 Å². The van der Waals surface area contributed by atoms with Crippen LogP contribution in [0.15, 0.2) is 11.9 Å². The van der Waals surface area contributed by atoms with Gasteiger partial charge in [0.1, 0.15) is 0 Å². The molecule has 0 bridgehead atoms. The Bertz CT molecular complexity index is 311. The Kier molecular flexibility index (Phi) is 5.89. The summed E-state index contributed by atoms with van der Waals surface area (Å²) in [4.78, 5) is 0. The third-order valence-corrected chi connectivity index (χ3v) is 2.06. The molecule has 0 rings (SSSR count). The van der Waals surface area contributed by atoms with E-state index in [0.29, 0.717) is 0 Å². The molecule has 1 unspecified atom stereocenters. The number of rotatable bonds is 3. The third-order valence-electron chi connectivity index (χ3n) is 1.34. The zero-order valence-electron chi connectivity index (χ0n) is 7.64. The molecule has 12 heteroatoms. The predicted octanol–water partition coefficient (Wildman–Crippen LogP) is 4.93. The molecule has 0 fully saturated rings. The molecule has 0 aromatic carbocycles. The van der Waals surface area contributed by atoms with Crippen LogP contribution in [0.3, 0.4) is 0 Å². The van der Waals surface area contributed by atoms with Crippen LogP contribution in [0, 0.1) is 0 Å². The standard InChI is InChI=1S/C6HCl2F9.FH/c7-3(10,5(8,13)14)1-2(9)4(11,12)6(15,16)17;/h1H;1H. The first-order valence-corrected chi connectivity index (χ1v) is 4.16. The fourth-order valence-corrected chi connectivity index (χ4v) is 0.617. The highest BCUT2D eigenvalue weighted by Crippen LogP contribution is 2.46. The van der Waals surface area contributed by atoms with Gasteiger partial charge in [0.25, 0.3) is 5.13 Å². The van der Waals surface area contributed by atoms with Gasteiger partial charge in [-0.2, -0.15) is 30.7 Å². The minimum absolute atomic E-state index is 0. The average Bonchev–Trinajstić information content (AvgIpc) is 1.98. The van der Waals surface area contributed by atoms with Gasteiger partial charge in [-0.3, -0.25) is 4.70 Å². The lowest BCUT2D eigenvalue weighted by molar-refractivity contribution is -0.270. The van der Waals surface area contributed by atoms with Crippen molar-refractivity contribution in [3.8, 4) is 0 Å².